The molecular formula is C13H16BrFN2. The third-order valence-corrected chi connectivity index (χ3v) is 3.67. The molecule has 1 aromatic carbocycles. The molecule has 0 amide bonds. The Balaban J connectivity index is 2.08. The number of hydrogen-bond acceptors (Lipinski definition) is 2. The maximum atomic E-state index is 13.5. The molecule has 1 aromatic rings. The van der Waals surface area contributed by atoms with E-state index in [0.29, 0.717) is 17.1 Å². The van der Waals surface area contributed by atoms with E-state index >= 15 is 0 Å². The van der Waals surface area contributed by atoms with Gasteiger partial charge in [-0.3, -0.25) is 0 Å². The number of nitrogens with two attached hydrogens (primary N) is 1. The summed E-state index contributed by atoms with van der Waals surface area (Å²) in [5, 5.41) is 3.46. The molecule has 0 aromatic heterocycles. The first-order valence-corrected chi connectivity index (χ1v) is 6.56. The van der Waals surface area contributed by atoms with Crippen LogP contribution in [0.25, 0.3) is 0 Å². The molecule has 2 nitrogen and oxygen atoms in total. The number of nitrogens with one attached hydrogen (secondary N) is 1. The maximum absolute atomic E-state index is 13.5. The van der Waals surface area contributed by atoms with Crippen LogP contribution in [0.5, 0.6) is 0 Å². The molecule has 0 fully saturated rings. The topological polar surface area (TPSA) is 38.0 Å². The van der Waals surface area contributed by atoms with Crippen LogP contribution in [0.1, 0.15) is 24.4 Å². The molecule has 17 heavy (non-hydrogen) atoms. The van der Waals surface area contributed by atoms with E-state index in [1.54, 1.807) is 6.07 Å². The molecule has 0 radical (unpaired) electrons. The summed E-state index contributed by atoms with van der Waals surface area (Å²) in [6, 6.07) is 5.61. The molecule has 0 saturated heterocycles. The Morgan fingerprint density at radius 2 is 2.12 bits per heavy atom. The maximum Gasteiger partial charge on any atom is 0.137 e. The number of rotatable bonds is 4. The third-order valence-electron chi connectivity index (χ3n) is 3.03. The Bertz CT molecular complexity index is 412. The summed E-state index contributed by atoms with van der Waals surface area (Å²) in [6.45, 7) is 0.470. The van der Waals surface area contributed by atoms with E-state index in [4.69, 9.17) is 5.73 Å². The van der Waals surface area contributed by atoms with Crippen molar-refractivity contribution in [3.63, 3.8) is 0 Å². The molecule has 2 rings (SSSR count). The van der Waals surface area contributed by atoms with Crippen molar-refractivity contribution in [2.75, 3.05) is 6.54 Å². The normalized spacial score (nSPS) is 17.6. The summed E-state index contributed by atoms with van der Waals surface area (Å²) in [5.41, 5.74) is 6.66. The Morgan fingerprint density at radius 1 is 1.41 bits per heavy atom. The van der Waals surface area contributed by atoms with Gasteiger partial charge < -0.3 is 11.1 Å². The molecule has 1 unspecified atom stereocenters. The van der Waals surface area contributed by atoms with Gasteiger partial charge in [0.05, 0.1) is 4.47 Å². The fraction of sp³-hybridized carbons (Fsp3) is 0.385. The van der Waals surface area contributed by atoms with Gasteiger partial charge in [-0.2, -0.15) is 0 Å². The van der Waals surface area contributed by atoms with Crippen LogP contribution >= 0.6 is 15.9 Å². The van der Waals surface area contributed by atoms with E-state index in [0.717, 1.165) is 18.4 Å². The van der Waals surface area contributed by atoms with E-state index in [1.807, 2.05) is 6.07 Å². The molecule has 1 aliphatic rings. The van der Waals surface area contributed by atoms with E-state index in [1.165, 1.54) is 6.07 Å². The van der Waals surface area contributed by atoms with Gasteiger partial charge in [0.2, 0.25) is 0 Å². The monoisotopic (exact) mass is 298 g/mol. The van der Waals surface area contributed by atoms with Crippen molar-refractivity contribution in [3.8, 4) is 0 Å². The summed E-state index contributed by atoms with van der Waals surface area (Å²) in [4.78, 5) is 0. The SMILES string of the molecule is NCC(NC1CC=CC1)c1ccc(Br)c(F)c1. The summed E-state index contributed by atoms with van der Waals surface area (Å²) in [5.74, 6) is -0.243. The Labute approximate surface area is 109 Å². The highest BCUT2D eigenvalue weighted by atomic mass is 79.9. The highest BCUT2D eigenvalue weighted by Gasteiger charge is 2.17. The fourth-order valence-corrected chi connectivity index (χ4v) is 2.31. The van der Waals surface area contributed by atoms with Gasteiger partial charge in [-0.15, -0.1) is 0 Å². The summed E-state index contributed by atoms with van der Waals surface area (Å²) in [7, 11) is 0. The minimum Gasteiger partial charge on any atom is -0.329 e. The summed E-state index contributed by atoms with van der Waals surface area (Å²) < 4.78 is 13.9. The van der Waals surface area contributed by atoms with Crippen molar-refractivity contribution < 1.29 is 4.39 Å². The lowest BCUT2D eigenvalue weighted by atomic mass is 10.1. The van der Waals surface area contributed by atoms with Crippen molar-refractivity contribution in [1.29, 1.82) is 0 Å². The van der Waals surface area contributed by atoms with Gasteiger partial charge in [0.15, 0.2) is 0 Å². The predicted octanol–water partition coefficient (Wildman–Crippen LogP) is 2.90. The molecule has 0 heterocycles. The highest BCUT2D eigenvalue weighted by Crippen LogP contribution is 2.22. The molecule has 4 heteroatoms. The third kappa shape index (κ3) is 3.15. The van der Waals surface area contributed by atoms with Gasteiger partial charge in [-0.1, -0.05) is 18.2 Å². The van der Waals surface area contributed by atoms with E-state index < -0.39 is 0 Å². The summed E-state index contributed by atoms with van der Waals surface area (Å²) >= 11 is 3.15. The molecule has 0 aliphatic heterocycles. The first-order valence-electron chi connectivity index (χ1n) is 5.76. The Kier molecular flexibility index (Phi) is 4.31. The second kappa shape index (κ2) is 5.76. The molecule has 92 valence electrons. The van der Waals surface area contributed by atoms with Gasteiger partial charge in [0.25, 0.3) is 0 Å². The van der Waals surface area contributed by atoms with Crippen LogP contribution < -0.4 is 11.1 Å². The molecule has 1 atom stereocenters. The zero-order chi connectivity index (χ0) is 12.3. The molecule has 0 bridgehead atoms. The van der Waals surface area contributed by atoms with E-state index in [9.17, 15) is 4.39 Å². The van der Waals surface area contributed by atoms with Gasteiger partial charge >= 0.3 is 0 Å². The van der Waals surface area contributed by atoms with Crippen LogP contribution in [0.15, 0.2) is 34.8 Å². The minimum absolute atomic E-state index is 0.0162. The van der Waals surface area contributed by atoms with Crippen LogP contribution in [0.2, 0.25) is 0 Å². The van der Waals surface area contributed by atoms with Gasteiger partial charge in [-0.05, 0) is 46.5 Å². The zero-order valence-electron chi connectivity index (χ0n) is 9.50. The smallest absolute Gasteiger partial charge is 0.137 e. The lowest BCUT2D eigenvalue weighted by molar-refractivity contribution is 0.451. The van der Waals surface area contributed by atoms with Crippen LogP contribution in [-0.4, -0.2) is 12.6 Å². The zero-order valence-corrected chi connectivity index (χ0v) is 11.1. The number of benzene rings is 1. The number of hydrogen-bond donors (Lipinski definition) is 2. The predicted molar refractivity (Wildman–Crippen MR) is 71.2 cm³/mol. The standard InChI is InChI=1S/C13H16BrFN2/c14-11-6-5-9(7-12(11)15)13(8-16)17-10-3-1-2-4-10/h1-2,5-7,10,13,17H,3-4,8,16H2. The molecular weight excluding hydrogens is 283 g/mol. The number of halogens is 2. The Hall–Kier alpha value is -0.710. The van der Waals surface area contributed by atoms with Crippen LogP contribution in [0.4, 0.5) is 4.39 Å². The quantitative estimate of drug-likeness (QED) is 0.839. The minimum atomic E-state index is -0.243. The second-order valence-electron chi connectivity index (χ2n) is 4.27. The van der Waals surface area contributed by atoms with Crippen molar-refractivity contribution >= 4 is 15.9 Å². The second-order valence-corrected chi connectivity index (χ2v) is 5.12. The van der Waals surface area contributed by atoms with Crippen molar-refractivity contribution in [2.45, 2.75) is 24.9 Å². The van der Waals surface area contributed by atoms with Gasteiger partial charge in [-0.25, -0.2) is 4.39 Å². The average Bonchev–Trinajstić information content (AvgIpc) is 2.82. The first kappa shape index (κ1) is 12.7. The van der Waals surface area contributed by atoms with Gasteiger partial charge in [0.1, 0.15) is 5.82 Å². The fourth-order valence-electron chi connectivity index (χ4n) is 2.07. The highest BCUT2D eigenvalue weighted by molar-refractivity contribution is 9.10. The lowest BCUT2D eigenvalue weighted by Crippen LogP contribution is -2.35. The average molecular weight is 299 g/mol. The van der Waals surface area contributed by atoms with Crippen LogP contribution in [0.3, 0.4) is 0 Å². The van der Waals surface area contributed by atoms with Crippen molar-refractivity contribution in [3.05, 3.63) is 46.2 Å². The van der Waals surface area contributed by atoms with Crippen LogP contribution in [-0.2, 0) is 0 Å². The first-order chi connectivity index (χ1) is 8.20. The molecule has 1 aliphatic carbocycles. The van der Waals surface area contributed by atoms with E-state index in [2.05, 4.69) is 33.4 Å². The van der Waals surface area contributed by atoms with Gasteiger partial charge in [0, 0.05) is 18.6 Å². The van der Waals surface area contributed by atoms with Crippen LogP contribution in [0, 0.1) is 5.82 Å². The van der Waals surface area contributed by atoms with Crippen molar-refractivity contribution in [2.24, 2.45) is 5.73 Å². The summed E-state index contributed by atoms with van der Waals surface area (Å²) in [6.07, 6.45) is 6.37. The Morgan fingerprint density at radius 3 is 2.71 bits per heavy atom. The molecule has 0 spiro atoms. The van der Waals surface area contributed by atoms with Crippen molar-refractivity contribution in [1.82, 2.24) is 5.32 Å². The lowest BCUT2D eigenvalue weighted by Gasteiger charge is -2.22. The molecule has 3 N–H and O–H groups in total. The largest absolute Gasteiger partial charge is 0.329 e. The molecule has 0 saturated carbocycles. The van der Waals surface area contributed by atoms with E-state index in [-0.39, 0.29) is 11.9 Å².